The van der Waals surface area contributed by atoms with Crippen LogP contribution in [0.1, 0.15) is 24.8 Å². The number of aromatic amines is 1. The lowest BCUT2D eigenvalue weighted by molar-refractivity contribution is 0.235. The van der Waals surface area contributed by atoms with E-state index < -0.39 is 5.82 Å². The quantitative estimate of drug-likeness (QED) is 0.166. The van der Waals surface area contributed by atoms with Crippen LogP contribution in [0, 0.1) is 5.82 Å². The molecule has 1 aliphatic rings. The highest BCUT2D eigenvalue weighted by molar-refractivity contribution is 6.31. The van der Waals surface area contributed by atoms with Crippen molar-refractivity contribution in [2.75, 3.05) is 18.4 Å². The van der Waals surface area contributed by atoms with E-state index in [-0.39, 0.29) is 10.9 Å². The standard InChI is InChI=1S/C19H21ClFN7O/c20-14-10-12(4-5-15(14)21)25-17(28-29)13-6-9-23-18-16(13)26-19(27-18)24-8-1-7-22-11-2-3-11/h4-6,9-11,22,29H,1-3,7-8H2,(H,25,28)(H2,23,24,26,27). The highest BCUT2D eigenvalue weighted by atomic mass is 35.5. The van der Waals surface area contributed by atoms with E-state index in [1.54, 1.807) is 12.3 Å². The molecule has 1 fully saturated rings. The summed E-state index contributed by atoms with van der Waals surface area (Å²) in [5, 5.41) is 16.3. The zero-order chi connectivity index (χ0) is 20.2. The minimum Gasteiger partial charge on any atom is -0.356 e. The van der Waals surface area contributed by atoms with E-state index in [4.69, 9.17) is 11.6 Å². The molecule has 3 aromatic rings. The summed E-state index contributed by atoms with van der Waals surface area (Å²) in [6.07, 6.45) is 5.10. The van der Waals surface area contributed by atoms with Gasteiger partial charge in [-0.2, -0.15) is 4.98 Å². The van der Waals surface area contributed by atoms with E-state index in [1.165, 1.54) is 31.0 Å². The second kappa shape index (κ2) is 8.73. The first kappa shape index (κ1) is 19.6. The molecule has 0 aliphatic heterocycles. The summed E-state index contributed by atoms with van der Waals surface area (Å²) in [4.78, 5) is 16.2. The number of H-pyrrole nitrogens is 1. The number of hydrogen-bond donors (Lipinski definition) is 5. The van der Waals surface area contributed by atoms with Crippen molar-refractivity contribution in [2.24, 2.45) is 4.99 Å². The van der Waals surface area contributed by atoms with E-state index in [2.05, 4.69) is 36.1 Å². The van der Waals surface area contributed by atoms with E-state index >= 15 is 0 Å². The molecule has 0 saturated heterocycles. The fourth-order valence-electron chi connectivity index (χ4n) is 2.91. The third-order valence-corrected chi connectivity index (χ3v) is 4.84. The summed E-state index contributed by atoms with van der Waals surface area (Å²) >= 11 is 5.81. The van der Waals surface area contributed by atoms with Gasteiger partial charge < -0.3 is 15.6 Å². The number of aromatic nitrogens is 3. The van der Waals surface area contributed by atoms with Gasteiger partial charge in [0.05, 0.1) is 16.2 Å². The lowest BCUT2D eigenvalue weighted by Gasteiger charge is -2.06. The van der Waals surface area contributed by atoms with Gasteiger partial charge in [-0.1, -0.05) is 11.6 Å². The Kier molecular flexibility index (Phi) is 5.89. The van der Waals surface area contributed by atoms with Crippen molar-refractivity contribution in [3.05, 3.63) is 46.9 Å². The average molecular weight is 418 g/mol. The molecule has 2 aromatic heterocycles. The Hall–Kier alpha value is -2.75. The SMILES string of the molecule is ONC(=Nc1ccc(F)c(Cl)c1)c1ccnc2nc(NCCCNC3CC3)[nH]c12. The first-order valence-corrected chi connectivity index (χ1v) is 9.78. The summed E-state index contributed by atoms with van der Waals surface area (Å²) < 4.78 is 13.4. The average Bonchev–Trinajstić information content (AvgIpc) is 3.45. The Balaban J connectivity index is 1.52. The van der Waals surface area contributed by atoms with Crippen molar-refractivity contribution < 1.29 is 9.60 Å². The van der Waals surface area contributed by atoms with Gasteiger partial charge in [-0.15, -0.1) is 0 Å². The molecule has 0 unspecified atom stereocenters. The maximum Gasteiger partial charge on any atom is 0.202 e. The molecular formula is C19H21ClFN7O. The zero-order valence-corrected chi connectivity index (χ0v) is 16.3. The predicted molar refractivity (Wildman–Crippen MR) is 111 cm³/mol. The number of aliphatic imine (C=N–C) groups is 1. The molecule has 2 heterocycles. The van der Waals surface area contributed by atoms with Crippen LogP contribution >= 0.6 is 11.6 Å². The summed E-state index contributed by atoms with van der Waals surface area (Å²) in [6.45, 7) is 1.73. The second-order valence-corrected chi connectivity index (χ2v) is 7.23. The topological polar surface area (TPSA) is 110 Å². The predicted octanol–water partition coefficient (Wildman–Crippen LogP) is 3.36. The number of pyridine rings is 1. The van der Waals surface area contributed by atoms with Gasteiger partial charge in [0.2, 0.25) is 5.95 Å². The molecule has 4 rings (SSSR count). The van der Waals surface area contributed by atoms with Crippen LogP contribution in [0.4, 0.5) is 16.0 Å². The number of hydroxylamine groups is 1. The van der Waals surface area contributed by atoms with Crippen LogP contribution in [0.25, 0.3) is 11.2 Å². The van der Waals surface area contributed by atoms with Crippen molar-refractivity contribution in [1.29, 1.82) is 0 Å². The summed E-state index contributed by atoms with van der Waals surface area (Å²) in [7, 11) is 0. The fraction of sp³-hybridized carbons (Fsp3) is 0.316. The van der Waals surface area contributed by atoms with Crippen molar-refractivity contribution >= 4 is 40.2 Å². The third-order valence-electron chi connectivity index (χ3n) is 4.55. The minimum atomic E-state index is -0.535. The van der Waals surface area contributed by atoms with Crippen molar-refractivity contribution in [2.45, 2.75) is 25.3 Å². The Morgan fingerprint density at radius 2 is 2.17 bits per heavy atom. The Labute approximate surface area is 171 Å². The zero-order valence-electron chi connectivity index (χ0n) is 15.5. The first-order chi connectivity index (χ1) is 14.1. The summed E-state index contributed by atoms with van der Waals surface area (Å²) in [6, 6.07) is 6.45. The van der Waals surface area contributed by atoms with Gasteiger partial charge in [-0.3, -0.25) is 10.7 Å². The Morgan fingerprint density at radius 3 is 2.93 bits per heavy atom. The molecule has 0 radical (unpaired) electrons. The molecule has 0 bridgehead atoms. The number of nitrogens with zero attached hydrogens (tertiary/aromatic N) is 3. The van der Waals surface area contributed by atoms with Gasteiger partial charge in [-0.05, 0) is 50.1 Å². The third kappa shape index (κ3) is 4.81. The molecule has 0 amide bonds. The van der Waals surface area contributed by atoms with Crippen LogP contribution in [0.2, 0.25) is 5.02 Å². The molecule has 5 N–H and O–H groups in total. The van der Waals surface area contributed by atoms with Crippen LogP contribution in [-0.4, -0.2) is 45.1 Å². The number of nitrogens with one attached hydrogen (secondary N) is 4. The molecule has 10 heteroatoms. The fourth-order valence-corrected chi connectivity index (χ4v) is 3.08. The first-order valence-electron chi connectivity index (χ1n) is 9.40. The monoisotopic (exact) mass is 417 g/mol. The largest absolute Gasteiger partial charge is 0.356 e. The lowest BCUT2D eigenvalue weighted by atomic mass is 10.2. The van der Waals surface area contributed by atoms with E-state index in [0.29, 0.717) is 34.4 Å². The number of halogens is 2. The Morgan fingerprint density at radius 1 is 1.31 bits per heavy atom. The van der Waals surface area contributed by atoms with Crippen molar-refractivity contribution in [1.82, 2.24) is 25.7 Å². The molecule has 0 spiro atoms. The molecule has 1 aromatic carbocycles. The summed E-state index contributed by atoms with van der Waals surface area (Å²) in [5.41, 5.74) is 4.14. The maximum atomic E-state index is 13.4. The molecule has 0 atom stereocenters. The summed E-state index contributed by atoms with van der Waals surface area (Å²) in [5.74, 6) is 0.212. The molecule has 29 heavy (non-hydrogen) atoms. The van der Waals surface area contributed by atoms with Crippen molar-refractivity contribution in [3.8, 4) is 0 Å². The second-order valence-electron chi connectivity index (χ2n) is 6.82. The molecule has 1 saturated carbocycles. The number of fused-ring (bicyclic) bond motifs is 1. The van der Waals surface area contributed by atoms with Gasteiger partial charge in [0.1, 0.15) is 5.82 Å². The molecule has 1 aliphatic carbocycles. The highest BCUT2D eigenvalue weighted by Gasteiger charge is 2.19. The van der Waals surface area contributed by atoms with E-state index in [0.717, 1.165) is 19.5 Å². The highest BCUT2D eigenvalue weighted by Crippen LogP contribution is 2.24. The van der Waals surface area contributed by atoms with Crippen LogP contribution in [-0.2, 0) is 0 Å². The number of benzene rings is 1. The van der Waals surface area contributed by atoms with Gasteiger partial charge >= 0.3 is 0 Å². The van der Waals surface area contributed by atoms with Crippen LogP contribution in [0.3, 0.4) is 0 Å². The van der Waals surface area contributed by atoms with Crippen molar-refractivity contribution in [3.63, 3.8) is 0 Å². The number of amidine groups is 1. The van der Waals surface area contributed by atoms with Crippen LogP contribution in [0.15, 0.2) is 35.5 Å². The number of hydrogen-bond acceptors (Lipinski definition) is 6. The van der Waals surface area contributed by atoms with Gasteiger partial charge in [0, 0.05) is 24.3 Å². The van der Waals surface area contributed by atoms with Crippen LogP contribution < -0.4 is 16.1 Å². The van der Waals surface area contributed by atoms with E-state index in [1.807, 2.05) is 0 Å². The number of rotatable bonds is 8. The number of anilines is 1. The minimum absolute atomic E-state index is 0.0485. The van der Waals surface area contributed by atoms with Gasteiger partial charge in [0.15, 0.2) is 11.5 Å². The Bertz CT molecular complexity index is 1030. The normalized spacial score (nSPS) is 14.4. The van der Waals surface area contributed by atoms with Gasteiger partial charge in [0.25, 0.3) is 0 Å². The number of imidazole rings is 1. The smallest absolute Gasteiger partial charge is 0.202 e. The van der Waals surface area contributed by atoms with E-state index in [9.17, 15) is 9.60 Å². The molecule has 152 valence electrons. The molecule has 8 nitrogen and oxygen atoms in total. The molecular weight excluding hydrogens is 397 g/mol. The van der Waals surface area contributed by atoms with Gasteiger partial charge in [-0.25, -0.2) is 14.4 Å². The maximum absolute atomic E-state index is 13.4. The lowest BCUT2D eigenvalue weighted by Crippen LogP contribution is -2.20. The van der Waals surface area contributed by atoms with Crippen LogP contribution in [0.5, 0.6) is 0 Å².